The number of hydrogen-bond donors (Lipinski definition) is 0. The van der Waals surface area contributed by atoms with Crippen molar-refractivity contribution in [3.63, 3.8) is 0 Å². The molecule has 1 aromatic heterocycles. The summed E-state index contributed by atoms with van der Waals surface area (Å²) in [4.78, 5) is 9.53. The Labute approximate surface area is 187 Å². The summed E-state index contributed by atoms with van der Waals surface area (Å²) in [5.74, 6) is 0.136. The lowest BCUT2D eigenvalue weighted by Crippen LogP contribution is -2.23. The Balaban J connectivity index is 2.54. The maximum atomic E-state index is 13.3. The van der Waals surface area contributed by atoms with E-state index in [9.17, 15) is 8.78 Å². The summed E-state index contributed by atoms with van der Waals surface area (Å²) < 4.78 is 31.5. The highest BCUT2D eigenvalue weighted by Gasteiger charge is 2.29. The van der Waals surface area contributed by atoms with E-state index in [2.05, 4.69) is 46.5 Å². The van der Waals surface area contributed by atoms with Crippen molar-refractivity contribution in [2.24, 2.45) is 0 Å². The molecule has 0 saturated heterocycles. The molecule has 0 saturated carbocycles. The van der Waals surface area contributed by atoms with E-state index in [1.54, 1.807) is 6.07 Å². The quantitative estimate of drug-likeness (QED) is 0.297. The van der Waals surface area contributed by atoms with Crippen LogP contribution in [0.15, 0.2) is 18.3 Å². The molecule has 1 aromatic carbocycles. The summed E-state index contributed by atoms with van der Waals surface area (Å²) in [6, 6.07) is 3.77. The third-order valence-electron chi connectivity index (χ3n) is 7.09. The first-order valence-electron chi connectivity index (χ1n) is 12.0. The second-order valence-corrected chi connectivity index (χ2v) is 9.36. The van der Waals surface area contributed by atoms with Gasteiger partial charge in [-0.05, 0) is 48.8 Å². The van der Waals surface area contributed by atoms with Crippen molar-refractivity contribution < 1.29 is 13.5 Å². The van der Waals surface area contributed by atoms with Crippen molar-refractivity contribution in [3.8, 4) is 5.75 Å². The fraction of sp³-hybridized carbons (Fsp3) is 0.692. The number of hydrogen-bond acceptors (Lipinski definition) is 3. The number of ether oxygens (including phenoxy) is 1. The second-order valence-electron chi connectivity index (χ2n) is 9.36. The third kappa shape index (κ3) is 6.14. The Morgan fingerprint density at radius 2 is 1.61 bits per heavy atom. The van der Waals surface area contributed by atoms with Gasteiger partial charge in [-0.3, -0.25) is 4.98 Å². The van der Waals surface area contributed by atoms with Gasteiger partial charge in [0.15, 0.2) is 5.75 Å². The van der Waals surface area contributed by atoms with Crippen LogP contribution in [-0.2, 0) is 10.8 Å². The van der Waals surface area contributed by atoms with E-state index in [1.165, 1.54) is 19.3 Å². The van der Waals surface area contributed by atoms with Crippen molar-refractivity contribution >= 4 is 11.0 Å². The van der Waals surface area contributed by atoms with E-state index in [0.717, 1.165) is 49.8 Å². The highest BCUT2D eigenvalue weighted by atomic mass is 19.3. The average Bonchev–Trinajstić information content (AvgIpc) is 2.75. The number of alkyl halides is 2. The molecule has 0 amide bonds. The molecule has 2 unspecified atom stereocenters. The van der Waals surface area contributed by atoms with Gasteiger partial charge in [-0.25, -0.2) is 4.98 Å². The SMILES string of the molecule is CCCCCCC(C)(CC)c1cnc2cc(C(C)(CC)CCC)cc(OC(F)F)c2n1. The number of unbranched alkanes of at least 4 members (excludes halogenated alkanes) is 3. The van der Waals surface area contributed by atoms with Gasteiger partial charge < -0.3 is 4.74 Å². The molecule has 0 aliphatic carbocycles. The van der Waals surface area contributed by atoms with Gasteiger partial charge in [0.05, 0.1) is 11.2 Å². The number of fused-ring (bicyclic) bond motifs is 1. The van der Waals surface area contributed by atoms with Crippen LogP contribution in [0.5, 0.6) is 5.75 Å². The van der Waals surface area contributed by atoms with Crippen LogP contribution in [0.2, 0.25) is 0 Å². The third-order valence-corrected chi connectivity index (χ3v) is 7.09. The van der Waals surface area contributed by atoms with E-state index in [4.69, 9.17) is 9.72 Å². The van der Waals surface area contributed by atoms with Crippen LogP contribution >= 0.6 is 0 Å². The van der Waals surface area contributed by atoms with Crippen LogP contribution in [0.25, 0.3) is 11.0 Å². The fourth-order valence-electron chi connectivity index (χ4n) is 4.41. The number of benzene rings is 1. The molecule has 2 rings (SSSR count). The largest absolute Gasteiger partial charge is 0.432 e. The molecule has 5 heteroatoms. The van der Waals surface area contributed by atoms with Gasteiger partial charge in [-0.1, -0.05) is 73.6 Å². The van der Waals surface area contributed by atoms with Gasteiger partial charge >= 0.3 is 6.61 Å². The second kappa shape index (κ2) is 11.2. The lowest BCUT2D eigenvalue weighted by molar-refractivity contribution is -0.0490. The van der Waals surface area contributed by atoms with Crippen LogP contribution in [0.3, 0.4) is 0 Å². The van der Waals surface area contributed by atoms with Crippen molar-refractivity contribution in [2.75, 3.05) is 0 Å². The minimum atomic E-state index is -2.89. The summed E-state index contributed by atoms with van der Waals surface area (Å²) in [5, 5.41) is 0. The lowest BCUT2D eigenvalue weighted by atomic mass is 9.76. The summed E-state index contributed by atoms with van der Waals surface area (Å²) in [6.07, 6.45) is 11.4. The van der Waals surface area contributed by atoms with E-state index in [0.29, 0.717) is 11.0 Å². The summed E-state index contributed by atoms with van der Waals surface area (Å²) in [5.41, 5.74) is 2.66. The lowest BCUT2D eigenvalue weighted by Gasteiger charge is -2.30. The zero-order valence-corrected chi connectivity index (χ0v) is 20.2. The van der Waals surface area contributed by atoms with Gasteiger partial charge in [0, 0.05) is 11.6 Å². The standard InChI is InChI=1S/C26H40F2N2O/c1-7-11-12-13-15-26(6,10-4)22-18-29-20-16-19(25(5,9-3)14-8-2)17-21(23(20)30-22)31-24(27)28/h16-18,24H,7-15H2,1-6H3. The van der Waals surface area contributed by atoms with Crippen molar-refractivity contribution in [3.05, 3.63) is 29.6 Å². The zero-order valence-electron chi connectivity index (χ0n) is 20.2. The molecule has 0 fully saturated rings. The zero-order chi connectivity index (χ0) is 23.1. The predicted molar refractivity (Wildman–Crippen MR) is 125 cm³/mol. The highest BCUT2D eigenvalue weighted by molar-refractivity contribution is 5.82. The number of rotatable bonds is 13. The van der Waals surface area contributed by atoms with Crippen molar-refractivity contribution in [1.82, 2.24) is 9.97 Å². The van der Waals surface area contributed by atoms with Gasteiger partial charge in [-0.2, -0.15) is 8.78 Å². The monoisotopic (exact) mass is 434 g/mol. The van der Waals surface area contributed by atoms with Crippen LogP contribution in [0.1, 0.15) is 111 Å². The van der Waals surface area contributed by atoms with Crippen LogP contribution in [-0.4, -0.2) is 16.6 Å². The minimum absolute atomic E-state index is 0.110. The molecule has 0 spiro atoms. The van der Waals surface area contributed by atoms with E-state index >= 15 is 0 Å². The summed E-state index contributed by atoms with van der Waals surface area (Å²) in [6.45, 7) is 10.1. The van der Waals surface area contributed by atoms with Gasteiger partial charge in [0.25, 0.3) is 0 Å². The van der Waals surface area contributed by atoms with Crippen LogP contribution in [0.4, 0.5) is 8.78 Å². The first-order chi connectivity index (χ1) is 14.7. The highest BCUT2D eigenvalue weighted by Crippen LogP contribution is 2.39. The van der Waals surface area contributed by atoms with E-state index in [1.807, 2.05) is 12.3 Å². The molecule has 0 bridgehead atoms. The van der Waals surface area contributed by atoms with Gasteiger partial charge in [-0.15, -0.1) is 0 Å². The molecule has 0 N–H and O–H groups in total. The molecule has 0 aliphatic heterocycles. The van der Waals surface area contributed by atoms with Crippen LogP contribution in [0, 0.1) is 0 Å². The predicted octanol–water partition coefficient (Wildman–Crippen LogP) is 8.34. The average molecular weight is 435 g/mol. The van der Waals surface area contributed by atoms with Gasteiger partial charge in [0.1, 0.15) is 5.52 Å². The Kier molecular flexibility index (Phi) is 9.20. The van der Waals surface area contributed by atoms with Crippen molar-refractivity contribution in [1.29, 1.82) is 0 Å². The Bertz CT molecular complexity index is 842. The van der Waals surface area contributed by atoms with E-state index < -0.39 is 6.61 Å². The molecule has 3 nitrogen and oxygen atoms in total. The smallest absolute Gasteiger partial charge is 0.387 e. The molecule has 174 valence electrons. The molecule has 0 aliphatic rings. The van der Waals surface area contributed by atoms with Gasteiger partial charge in [0.2, 0.25) is 0 Å². The molecular formula is C26H40F2N2O. The first kappa shape index (κ1) is 25.5. The number of halogens is 2. The maximum absolute atomic E-state index is 13.3. The van der Waals surface area contributed by atoms with E-state index in [-0.39, 0.29) is 16.6 Å². The Morgan fingerprint density at radius 3 is 2.19 bits per heavy atom. The summed E-state index contributed by atoms with van der Waals surface area (Å²) in [7, 11) is 0. The fourth-order valence-corrected chi connectivity index (χ4v) is 4.41. The number of aromatic nitrogens is 2. The number of nitrogens with zero attached hydrogens (tertiary/aromatic N) is 2. The molecule has 2 atom stereocenters. The first-order valence-corrected chi connectivity index (χ1v) is 12.0. The Morgan fingerprint density at radius 1 is 0.903 bits per heavy atom. The van der Waals surface area contributed by atoms with Crippen LogP contribution < -0.4 is 4.74 Å². The minimum Gasteiger partial charge on any atom is -0.432 e. The van der Waals surface area contributed by atoms with Crippen molar-refractivity contribution in [2.45, 2.75) is 117 Å². The molecule has 2 aromatic rings. The maximum Gasteiger partial charge on any atom is 0.387 e. The Hall–Kier alpha value is -1.78. The molecular weight excluding hydrogens is 394 g/mol. The molecule has 31 heavy (non-hydrogen) atoms. The molecule has 1 heterocycles. The normalized spacial score (nSPS) is 15.8. The topological polar surface area (TPSA) is 35.0 Å². The molecule has 0 radical (unpaired) electrons. The summed E-state index contributed by atoms with van der Waals surface area (Å²) >= 11 is 0.